The fourth-order valence-corrected chi connectivity index (χ4v) is 3.90. The number of nitrogens with one attached hydrogen (secondary N) is 1. The lowest BCUT2D eigenvalue weighted by molar-refractivity contribution is 0.588. The van der Waals surface area contributed by atoms with Crippen LogP contribution < -0.4 is 10.2 Å². The van der Waals surface area contributed by atoms with Gasteiger partial charge < -0.3 is 10.2 Å². The minimum absolute atomic E-state index is 0. The molecule has 1 unspecified atom stereocenters. The Morgan fingerprint density at radius 1 is 1.16 bits per heavy atom. The van der Waals surface area contributed by atoms with Gasteiger partial charge in [-0.15, -0.1) is 12.4 Å². The molecule has 4 nitrogen and oxygen atoms in total. The maximum atomic E-state index is 5.00. The highest BCUT2D eigenvalue weighted by molar-refractivity contribution is 5.85. The van der Waals surface area contributed by atoms with Gasteiger partial charge in [-0.05, 0) is 51.1 Å². The molecule has 0 amide bonds. The lowest BCUT2D eigenvalue weighted by Crippen LogP contribution is -2.34. The zero-order valence-electron chi connectivity index (χ0n) is 14.9. The summed E-state index contributed by atoms with van der Waals surface area (Å²) in [6.07, 6.45) is 5.76. The Morgan fingerprint density at radius 2 is 2.00 bits per heavy atom. The van der Waals surface area contributed by atoms with Crippen LogP contribution in [0.3, 0.4) is 0 Å². The van der Waals surface area contributed by atoms with E-state index in [1.807, 2.05) is 0 Å². The summed E-state index contributed by atoms with van der Waals surface area (Å²) in [4.78, 5) is 12.3. The molecule has 3 heterocycles. The van der Waals surface area contributed by atoms with E-state index in [2.05, 4.69) is 47.5 Å². The molecule has 0 aliphatic carbocycles. The van der Waals surface area contributed by atoms with Gasteiger partial charge in [-0.1, -0.05) is 30.3 Å². The van der Waals surface area contributed by atoms with Crippen LogP contribution in [0.25, 0.3) is 0 Å². The van der Waals surface area contributed by atoms with Gasteiger partial charge in [0.1, 0.15) is 11.6 Å². The fourth-order valence-electron chi connectivity index (χ4n) is 3.90. The number of aryl methyl sites for hydroxylation is 1. The quantitative estimate of drug-likeness (QED) is 0.906. The van der Waals surface area contributed by atoms with E-state index in [-0.39, 0.29) is 12.4 Å². The number of hydrogen-bond donors (Lipinski definition) is 1. The Bertz CT molecular complexity index is 698. The summed E-state index contributed by atoms with van der Waals surface area (Å²) in [6, 6.07) is 11.1. The van der Waals surface area contributed by atoms with Crippen molar-refractivity contribution in [3.8, 4) is 0 Å². The molecular weight excluding hydrogens is 332 g/mol. The molecule has 1 atom stereocenters. The second kappa shape index (κ2) is 8.15. The molecule has 1 N–H and O–H groups in total. The first-order valence-electron chi connectivity index (χ1n) is 9.21. The fraction of sp³-hybridized carbons (Fsp3) is 0.500. The minimum atomic E-state index is 0. The van der Waals surface area contributed by atoms with Crippen molar-refractivity contribution in [1.29, 1.82) is 0 Å². The molecule has 1 aromatic carbocycles. The average molecular weight is 359 g/mol. The van der Waals surface area contributed by atoms with Crippen LogP contribution in [0.1, 0.15) is 47.9 Å². The molecule has 2 aliphatic rings. The van der Waals surface area contributed by atoms with E-state index < -0.39 is 0 Å². The molecule has 0 radical (unpaired) electrons. The van der Waals surface area contributed by atoms with Crippen LogP contribution in [0.2, 0.25) is 0 Å². The standard InChI is InChI=1S/C20H26N4.ClH/c1-15-17-9-6-13-24(14-11-16-7-3-2-4-8-16)20(17)23-19(22-15)18-10-5-12-21-18;/h2-4,7-8,18,21H,5-6,9-14H2,1H3;1H. The van der Waals surface area contributed by atoms with Crippen molar-refractivity contribution < 1.29 is 0 Å². The van der Waals surface area contributed by atoms with Crippen LogP contribution in [-0.4, -0.2) is 29.6 Å². The Labute approximate surface area is 156 Å². The van der Waals surface area contributed by atoms with Crippen molar-refractivity contribution in [3.63, 3.8) is 0 Å². The Kier molecular flexibility index (Phi) is 5.92. The predicted molar refractivity (Wildman–Crippen MR) is 105 cm³/mol. The highest BCUT2D eigenvalue weighted by Gasteiger charge is 2.25. The number of halogens is 1. The second-order valence-electron chi connectivity index (χ2n) is 6.94. The van der Waals surface area contributed by atoms with Crippen molar-refractivity contribution in [2.75, 3.05) is 24.5 Å². The van der Waals surface area contributed by atoms with Gasteiger partial charge in [0.25, 0.3) is 0 Å². The van der Waals surface area contributed by atoms with Gasteiger partial charge in [-0.3, -0.25) is 0 Å². The zero-order valence-corrected chi connectivity index (χ0v) is 15.7. The lowest BCUT2D eigenvalue weighted by Gasteiger charge is -2.31. The molecule has 0 saturated carbocycles. The largest absolute Gasteiger partial charge is 0.356 e. The number of nitrogens with zero attached hydrogens (tertiary/aromatic N) is 3. The molecule has 4 rings (SSSR count). The van der Waals surface area contributed by atoms with Crippen molar-refractivity contribution in [2.45, 2.75) is 45.1 Å². The third-order valence-corrected chi connectivity index (χ3v) is 5.25. The van der Waals surface area contributed by atoms with Crippen LogP contribution in [0.15, 0.2) is 30.3 Å². The number of fused-ring (bicyclic) bond motifs is 1. The van der Waals surface area contributed by atoms with Gasteiger partial charge in [0.15, 0.2) is 0 Å². The van der Waals surface area contributed by atoms with E-state index in [1.54, 1.807) is 0 Å². The minimum Gasteiger partial charge on any atom is -0.356 e. The second-order valence-corrected chi connectivity index (χ2v) is 6.94. The summed E-state index contributed by atoms with van der Waals surface area (Å²) in [5, 5.41) is 3.54. The summed E-state index contributed by atoms with van der Waals surface area (Å²) >= 11 is 0. The number of aromatic nitrogens is 2. The number of hydrogen-bond acceptors (Lipinski definition) is 4. The van der Waals surface area contributed by atoms with Gasteiger partial charge in [0.2, 0.25) is 0 Å². The topological polar surface area (TPSA) is 41.1 Å². The van der Waals surface area contributed by atoms with Crippen molar-refractivity contribution in [3.05, 3.63) is 53.0 Å². The molecule has 25 heavy (non-hydrogen) atoms. The molecule has 1 fully saturated rings. The third-order valence-electron chi connectivity index (χ3n) is 5.25. The van der Waals surface area contributed by atoms with Crippen molar-refractivity contribution in [1.82, 2.24) is 15.3 Å². The highest BCUT2D eigenvalue weighted by atomic mass is 35.5. The summed E-state index contributed by atoms with van der Waals surface area (Å²) in [5.74, 6) is 2.18. The van der Waals surface area contributed by atoms with Gasteiger partial charge in [0, 0.05) is 24.3 Å². The van der Waals surface area contributed by atoms with Crippen LogP contribution in [0, 0.1) is 6.92 Å². The SMILES string of the molecule is Cc1nc(C2CCCN2)nc2c1CCCN2CCc1ccccc1.Cl. The number of benzene rings is 1. The van der Waals surface area contributed by atoms with E-state index in [0.29, 0.717) is 6.04 Å². The third kappa shape index (κ3) is 3.96. The summed E-state index contributed by atoms with van der Waals surface area (Å²) < 4.78 is 0. The molecule has 134 valence electrons. The van der Waals surface area contributed by atoms with E-state index in [1.165, 1.54) is 35.5 Å². The van der Waals surface area contributed by atoms with E-state index in [0.717, 1.165) is 44.7 Å². The lowest BCUT2D eigenvalue weighted by atomic mass is 10.0. The molecule has 1 aromatic heterocycles. The van der Waals surface area contributed by atoms with E-state index >= 15 is 0 Å². The molecule has 5 heteroatoms. The van der Waals surface area contributed by atoms with Crippen LogP contribution in [0.5, 0.6) is 0 Å². The Hall–Kier alpha value is -1.65. The summed E-state index contributed by atoms with van der Waals surface area (Å²) in [5.41, 5.74) is 3.93. The van der Waals surface area contributed by atoms with Crippen molar-refractivity contribution in [2.24, 2.45) is 0 Å². The molecule has 2 aromatic rings. The average Bonchev–Trinajstić information content (AvgIpc) is 3.15. The summed E-state index contributed by atoms with van der Waals surface area (Å²) in [6.45, 7) is 5.38. The normalized spacial score (nSPS) is 19.4. The van der Waals surface area contributed by atoms with Crippen LogP contribution >= 0.6 is 12.4 Å². The zero-order chi connectivity index (χ0) is 16.4. The first kappa shape index (κ1) is 18.2. The van der Waals surface area contributed by atoms with Gasteiger partial charge in [-0.2, -0.15) is 0 Å². The van der Waals surface area contributed by atoms with Gasteiger partial charge >= 0.3 is 0 Å². The monoisotopic (exact) mass is 358 g/mol. The van der Waals surface area contributed by atoms with Crippen molar-refractivity contribution >= 4 is 18.2 Å². The molecular formula is C20H27ClN4. The van der Waals surface area contributed by atoms with E-state index in [4.69, 9.17) is 9.97 Å². The maximum Gasteiger partial charge on any atom is 0.147 e. The number of rotatable bonds is 4. The smallest absolute Gasteiger partial charge is 0.147 e. The first-order valence-corrected chi connectivity index (χ1v) is 9.21. The molecule has 2 aliphatic heterocycles. The Morgan fingerprint density at radius 3 is 2.76 bits per heavy atom. The highest BCUT2D eigenvalue weighted by Crippen LogP contribution is 2.30. The number of anilines is 1. The Balaban J connectivity index is 0.00000182. The van der Waals surface area contributed by atoms with Crippen LogP contribution in [0.4, 0.5) is 5.82 Å². The van der Waals surface area contributed by atoms with Gasteiger partial charge in [0.05, 0.1) is 6.04 Å². The summed E-state index contributed by atoms with van der Waals surface area (Å²) in [7, 11) is 0. The maximum absolute atomic E-state index is 5.00. The first-order chi connectivity index (χ1) is 11.8. The van der Waals surface area contributed by atoms with Gasteiger partial charge in [-0.25, -0.2) is 9.97 Å². The molecule has 0 bridgehead atoms. The molecule has 0 spiro atoms. The predicted octanol–water partition coefficient (Wildman–Crippen LogP) is 3.63. The van der Waals surface area contributed by atoms with Crippen LogP contribution in [-0.2, 0) is 12.8 Å². The van der Waals surface area contributed by atoms with E-state index in [9.17, 15) is 0 Å². The molecule has 1 saturated heterocycles.